The van der Waals surface area contributed by atoms with E-state index >= 15 is 0 Å². The maximum atomic E-state index is 6.70. The van der Waals surface area contributed by atoms with E-state index in [0.717, 1.165) is 30.3 Å². The largest absolute Gasteiger partial charge is 0.374 e. The summed E-state index contributed by atoms with van der Waals surface area (Å²) in [5.74, 6) is 3.79. The van der Waals surface area contributed by atoms with E-state index in [-0.39, 0.29) is 11.6 Å². The third kappa shape index (κ3) is 2.78. The Morgan fingerprint density at radius 2 is 1.90 bits per heavy atom. The van der Waals surface area contributed by atoms with Gasteiger partial charge in [-0.15, -0.1) is 0 Å². The minimum Gasteiger partial charge on any atom is -0.374 e. The second-order valence-corrected chi connectivity index (χ2v) is 7.96. The quantitative estimate of drug-likeness (QED) is 0.821. The van der Waals surface area contributed by atoms with Gasteiger partial charge < -0.3 is 10.5 Å². The lowest BCUT2D eigenvalue weighted by atomic mass is 9.72. The van der Waals surface area contributed by atoms with Crippen molar-refractivity contribution in [1.82, 2.24) is 0 Å². The summed E-state index contributed by atoms with van der Waals surface area (Å²) in [7, 11) is 0. The van der Waals surface area contributed by atoms with E-state index < -0.39 is 0 Å². The lowest BCUT2D eigenvalue weighted by molar-refractivity contribution is -0.0933. The summed E-state index contributed by atoms with van der Waals surface area (Å²) >= 11 is 0. The van der Waals surface area contributed by atoms with Crippen molar-refractivity contribution in [1.29, 1.82) is 0 Å². The number of rotatable bonds is 5. The predicted molar refractivity (Wildman–Crippen MR) is 83.5 cm³/mol. The van der Waals surface area contributed by atoms with E-state index in [0.29, 0.717) is 0 Å². The third-order valence-corrected chi connectivity index (χ3v) is 6.67. The Morgan fingerprint density at radius 1 is 1.15 bits per heavy atom. The average molecular weight is 279 g/mol. The maximum Gasteiger partial charge on any atom is 0.0832 e. The maximum absolute atomic E-state index is 6.70. The highest BCUT2D eigenvalue weighted by atomic mass is 16.5. The molecule has 2 N–H and O–H groups in total. The Balaban J connectivity index is 1.62. The fraction of sp³-hybridized carbons (Fsp3) is 1.00. The molecule has 3 aliphatic carbocycles. The number of fused-ring (bicyclic) bond motifs is 2. The highest BCUT2D eigenvalue weighted by Gasteiger charge is 2.45. The van der Waals surface area contributed by atoms with Gasteiger partial charge in [0.05, 0.1) is 5.60 Å². The molecule has 0 aromatic carbocycles. The smallest absolute Gasteiger partial charge is 0.0832 e. The third-order valence-electron chi connectivity index (χ3n) is 6.67. The van der Waals surface area contributed by atoms with Crippen LogP contribution < -0.4 is 5.73 Å². The van der Waals surface area contributed by atoms with Crippen LogP contribution in [0.2, 0.25) is 0 Å². The number of nitrogens with two attached hydrogens (primary N) is 1. The van der Waals surface area contributed by atoms with Gasteiger partial charge in [0.25, 0.3) is 0 Å². The van der Waals surface area contributed by atoms with Crippen molar-refractivity contribution in [3.05, 3.63) is 0 Å². The van der Waals surface area contributed by atoms with Gasteiger partial charge >= 0.3 is 0 Å². The molecule has 0 heterocycles. The first-order valence-electron chi connectivity index (χ1n) is 9.02. The van der Waals surface area contributed by atoms with Crippen molar-refractivity contribution in [2.24, 2.45) is 29.4 Å². The van der Waals surface area contributed by atoms with Gasteiger partial charge in [-0.2, -0.15) is 0 Å². The van der Waals surface area contributed by atoms with E-state index in [1.165, 1.54) is 57.8 Å². The fourth-order valence-corrected chi connectivity index (χ4v) is 5.37. The van der Waals surface area contributed by atoms with Gasteiger partial charge in [0.15, 0.2) is 0 Å². The fourth-order valence-electron chi connectivity index (χ4n) is 5.37. The van der Waals surface area contributed by atoms with Crippen LogP contribution in [0.1, 0.15) is 71.6 Å². The van der Waals surface area contributed by atoms with Crippen molar-refractivity contribution in [3.63, 3.8) is 0 Å². The van der Waals surface area contributed by atoms with E-state index in [9.17, 15) is 0 Å². The zero-order chi connectivity index (χ0) is 14.2. The molecule has 0 amide bonds. The molecule has 0 saturated heterocycles. The van der Waals surface area contributed by atoms with Crippen LogP contribution in [0.5, 0.6) is 0 Å². The van der Waals surface area contributed by atoms with Crippen molar-refractivity contribution in [2.45, 2.75) is 83.3 Å². The van der Waals surface area contributed by atoms with E-state index in [2.05, 4.69) is 13.8 Å². The predicted octanol–water partition coefficient (Wildman–Crippen LogP) is 4.13. The Hall–Kier alpha value is -0.0800. The zero-order valence-electron chi connectivity index (χ0n) is 13.4. The molecule has 3 fully saturated rings. The van der Waals surface area contributed by atoms with Crippen LogP contribution in [0.4, 0.5) is 0 Å². The summed E-state index contributed by atoms with van der Waals surface area (Å²) < 4.78 is 6.25. The van der Waals surface area contributed by atoms with Crippen LogP contribution in [0.3, 0.4) is 0 Å². The summed E-state index contributed by atoms with van der Waals surface area (Å²) in [6.45, 7) is 5.32. The number of hydrogen-bond donors (Lipinski definition) is 1. The molecule has 2 nitrogen and oxygen atoms in total. The molecule has 20 heavy (non-hydrogen) atoms. The van der Waals surface area contributed by atoms with Gasteiger partial charge in [-0.1, -0.05) is 13.3 Å². The van der Waals surface area contributed by atoms with Gasteiger partial charge in [-0.05, 0) is 82.0 Å². The molecular formula is C18H33NO. The molecule has 0 aromatic rings. The Labute approximate surface area is 124 Å². The van der Waals surface area contributed by atoms with Gasteiger partial charge in [0.2, 0.25) is 0 Å². The molecule has 2 bridgehead atoms. The topological polar surface area (TPSA) is 35.2 Å². The summed E-state index contributed by atoms with van der Waals surface area (Å²) in [6, 6.07) is 0.263. The molecule has 3 aliphatic rings. The van der Waals surface area contributed by atoms with Crippen LogP contribution in [0, 0.1) is 23.7 Å². The molecular weight excluding hydrogens is 246 g/mol. The summed E-state index contributed by atoms with van der Waals surface area (Å²) in [6.07, 6.45) is 12.1. The molecule has 0 spiro atoms. The molecule has 3 saturated carbocycles. The van der Waals surface area contributed by atoms with Crippen LogP contribution in [0.25, 0.3) is 0 Å². The Bertz CT molecular complexity index is 321. The molecule has 0 radical (unpaired) electrons. The van der Waals surface area contributed by atoms with Gasteiger partial charge in [0.1, 0.15) is 0 Å². The van der Waals surface area contributed by atoms with Gasteiger partial charge in [-0.25, -0.2) is 0 Å². The minimum atomic E-state index is 0.00307. The molecule has 4 atom stereocenters. The Morgan fingerprint density at radius 3 is 2.45 bits per heavy atom. The highest BCUT2D eigenvalue weighted by Crippen LogP contribution is 2.51. The number of ether oxygens (including phenoxy) is 1. The molecule has 116 valence electrons. The standard InChI is InChI=1S/C18H33NO/c1-3-20-18(8-6-13(2)7-9-18)17(19)12-16-11-14-4-5-15(16)10-14/h13-17H,3-12,19H2,1-2H3. The van der Waals surface area contributed by atoms with Gasteiger partial charge in [-0.3, -0.25) is 0 Å². The Kier molecular flexibility index (Phi) is 4.42. The SMILES string of the molecule is CCOC1(C(N)CC2CC3CCC2C3)CCC(C)CC1. The monoisotopic (exact) mass is 279 g/mol. The van der Waals surface area contributed by atoms with E-state index in [1.807, 2.05) is 0 Å². The minimum absolute atomic E-state index is 0.00307. The van der Waals surface area contributed by atoms with Crippen LogP contribution >= 0.6 is 0 Å². The second-order valence-electron chi connectivity index (χ2n) is 7.96. The first kappa shape index (κ1) is 14.8. The normalized spacial score (nSPS) is 45.8. The average Bonchev–Trinajstić information content (AvgIpc) is 3.04. The van der Waals surface area contributed by atoms with Crippen LogP contribution in [-0.4, -0.2) is 18.2 Å². The number of hydrogen-bond acceptors (Lipinski definition) is 2. The zero-order valence-corrected chi connectivity index (χ0v) is 13.4. The lowest BCUT2D eigenvalue weighted by Crippen LogP contribution is -2.53. The van der Waals surface area contributed by atoms with Crippen molar-refractivity contribution >= 4 is 0 Å². The van der Waals surface area contributed by atoms with E-state index in [1.54, 1.807) is 0 Å². The van der Waals surface area contributed by atoms with Crippen molar-refractivity contribution in [2.75, 3.05) is 6.61 Å². The van der Waals surface area contributed by atoms with E-state index in [4.69, 9.17) is 10.5 Å². The van der Waals surface area contributed by atoms with Crippen molar-refractivity contribution in [3.8, 4) is 0 Å². The molecule has 3 rings (SSSR count). The summed E-state index contributed by atoms with van der Waals surface area (Å²) in [5.41, 5.74) is 6.70. The van der Waals surface area contributed by atoms with Crippen molar-refractivity contribution < 1.29 is 4.74 Å². The highest BCUT2D eigenvalue weighted by molar-refractivity contribution is 4.99. The van der Waals surface area contributed by atoms with Crippen LogP contribution in [-0.2, 0) is 4.74 Å². The first-order chi connectivity index (χ1) is 9.63. The molecule has 0 aliphatic heterocycles. The molecule has 4 unspecified atom stereocenters. The van der Waals surface area contributed by atoms with Gasteiger partial charge in [0, 0.05) is 12.6 Å². The summed E-state index contributed by atoms with van der Waals surface area (Å²) in [4.78, 5) is 0. The summed E-state index contributed by atoms with van der Waals surface area (Å²) in [5, 5.41) is 0. The molecule has 0 aromatic heterocycles. The molecule has 2 heteroatoms. The first-order valence-corrected chi connectivity index (χ1v) is 9.02. The lowest BCUT2D eigenvalue weighted by Gasteiger charge is -2.44. The van der Waals surface area contributed by atoms with Crippen LogP contribution in [0.15, 0.2) is 0 Å². The second kappa shape index (κ2) is 5.96.